The van der Waals surface area contributed by atoms with Gasteiger partial charge in [0.1, 0.15) is 5.75 Å². The number of halogens is 3. The van der Waals surface area contributed by atoms with Gasteiger partial charge >= 0.3 is 6.36 Å². The zero-order valence-electron chi connectivity index (χ0n) is 10.6. The number of alkyl halides is 3. The Labute approximate surface area is 118 Å². The molecular formula is C13H12F3NO2S. The number of carbonyl (C=O) groups excluding carboxylic acids is 1. The number of thioether (sulfide) groups is 1. The average Bonchev–Trinajstić information content (AvgIpc) is 2.30. The lowest BCUT2D eigenvalue weighted by atomic mass is 10.2. The van der Waals surface area contributed by atoms with Gasteiger partial charge in [-0.05, 0) is 18.2 Å². The van der Waals surface area contributed by atoms with E-state index in [0.717, 1.165) is 17.8 Å². The summed E-state index contributed by atoms with van der Waals surface area (Å²) in [6.07, 6.45) is -4.40. The van der Waals surface area contributed by atoms with Crippen molar-refractivity contribution in [1.82, 2.24) is 0 Å². The predicted molar refractivity (Wildman–Crippen MR) is 72.2 cm³/mol. The van der Waals surface area contributed by atoms with Crippen LogP contribution in [0, 0.1) is 11.8 Å². The van der Waals surface area contributed by atoms with Crippen LogP contribution in [0.1, 0.15) is 18.9 Å². The monoisotopic (exact) mass is 303 g/mol. The molecule has 0 aromatic heterocycles. The fraction of sp³-hybridized carbons (Fsp3) is 0.308. The molecule has 0 heterocycles. The lowest BCUT2D eigenvalue weighted by Gasteiger charge is -2.10. The molecule has 2 N–H and O–H groups in total. The van der Waals surface area contributed by atoms with Gasteiger partial charge in [-0.15, -0.1) is 13.2 Å². The third-order valence-electron chi connectivity index (χ3n) is 1.98. The van der Waals surface area contributed by atoms with Crippen LogP contribution in [0.4, 0.5) is 18.9 Å². The van der Waals surface area contributed by atoms with E-state index < -0.39 is 12.1 Å². The van der Waals surface area contributed by atoms with E-state index in [0.29, 0.717) is 17.9 Å². The molecule has 0 aliphatic carbocycles. The van der Waals surface area contributed by atoms with Crippen LogP contribution in [0.3, 0.4) is 0 Å². The molecule has 0 bridgehead atoms. The quantitative estimate of drug-likeness (QED) is 0.529. The molecule has 1 aromatic carbocycles. The van der Waals surface area contributed by atoms with Gasteiger partial charge in [0.05, 0.1) is 5.56 Å². The van der Waals surface area contributed by atoms with Gasteiger partial charge in [0.15, 0.2) is 5.12 Å². The van der Waals surface area contributed by atoms with Gasteiger partial charge in [-0.3, -0.25) is 4.79 Å². The van der Waals surface area contributed by atoms with Crippen LogP contribution in [0.5, 0.6) is 5.75 Å². The molecule has 0 saturated carbocycles. The number of benzene rings is 1. The summed E-state index contributed by atoms with van der Waals surface area (Å²) in [4.78, 5) is 10.7. The van der Waals surface area contributed by atoms with Crippen molar-refractivity contribution >= 4 is 22.6 Å². The largest absolute Gasteiger partial charge is 0.573 e. The molecule has 0 spiro atoms. The van der Waals surface area contributed by atoms with Crippen molar-refractivity contribution in [2.45, 2.75) is 19.7 Å². The first-order valence-corrected chi connectivity index (χ1v) is 6.54. The van der Waals surface area contributed by atoms with Crippen LogP contribution in [0.15, 0.2) is 18.2 Å². The molecule has 7 heteroatoms. The molecule has 0 amide bonds. The predicted octanol–water partition coefficient (Wildman–Crippen LogP) is 3.19. The summed E-state index contributed by atoms with van der Waals surface area (Å²) in [5.74, 6) is 5.35. The standard InChI is InChI=1S/C13H12F3NO2S/c1-9(18)20-7-3-2-4-10-8-11(17)5-6-12(10)19-13(14,15)16/h5-6,8H,3,7,17H2,1H3. The van der Waals surface area contributed by atoms with E-state index in [1.165, 1.54) is 19.1 Å². The normalized spacial score (nSPS) is 10.6. The zero-order chi connectivity index (χ0) is 15.2. The van der Waals surface area contributed by atoms with E-state index in [2.05, 4.69) is 16.6 Å². The molecule has 3 nitrogen and oxygen atoms in total. The Hall–Kier alpha value is -1.81. The van der Waals surface area contributed by atoms with Crippen LogP contribution < -0.4 is 10.5 Å². The number of carbonyl (C=O) groups is 1. The first-order valence-electron chi connectivity index (χ1n) is 5.55. The number of anilines is 1. The summed E-state index contributed by atoms with van der Waals surface area (Å²) in [5, 5.41) is -0.0307. The van der Waals surface area contributed by atoms with Gasteiger partial charge in [-0.25, -0.2) is 0 Å². The van der Waals surface area contributed by atoms with Crippen LogP contribution in [-0.2, 0) is 4.79 Å². The van der Waals surface area contributed by atoms with Crippen molar-refractivity contribution in [2.75, 3.05) is 11.5 Å². The highest BCUT2D eigenvalue weighted by Gasteiger charge is 2.31. The Morgan fingerprint density at radius 2 is 2.15 bits per heavy atom. The number of nitrogen functional groups attached to an aromatic ring is 1. The van der Waals surface area contributed by atoms with Gasteiger partial charge in [-0.1, -0.05) is 23.6 Å². The van der Waals surface area contributed by atoms with Gasteiger partial charge in [0, 0.05) is 24.8 Å². The van der Waals surface area contributed by atoms with Crippen molar-refractivity contribution in [3.8, 4) is 17.6 Å². The molecule has 0 aliphatic heterocycles. The van der Waals surface area contributed by atoms with Gasteiger partial charge in [-0.2, -0.15) is 0 Å². The molecule has 0 unspecified atom stereocenters. The van der Waals surface area contributed by atoms with E-state index in [4.69, 9.17) is 5.73 Å². The smallest absolute Gasteiger partial charge is 0.404 e. The molecule has 0 fully saturated rings. The minimum Gasteiger partial charge on any atom is -0.404 e. The van der Waals surface area contributed by atoms with E-state index in [1.807, 2.05) is 0 Å². The molecule has 108 valence electrons. The highest BCUT2D eigenvalue weighted by atomic mass is 32.2. The number of ether oxygens (including phenoxy) is 1. The van der Waals surface area contributed by atoms with Crippen molar-refractivity contribution in [1.29, 1.82) is 0 Å². The highest BCUT2D eigenvalue weighted by molar-refractivity contribution is 8.13. The van der Waals surface area contributed by atoms with Crippen molar-refractivity contribution in [2.24, 2.45) is 0 Å². The molecule has 0 atom stereocenters. The van der Waals surface area contributed by atoms with Gasteiger partial charge in [0.25, 0.3) is 0 Å². The number of rotatable bonds is 3. The summed E-state index contributed by atoms with van der Waals surface area (Å²) in [6, 6.07) is 3.74. The minimum atomic E-state index is -4.78. The fourth-order valence-electron chi connectivity index (χ4n) is 1.26. The van der Waals surface area contributed by atoms with Crippen LogP contribution in [0.2, 0.25) is 0 Å². The summed E-state index contributed by atoms with van der Waals surface area (Å²) < 4.78 is 40.5. The van der Waals surface area contributed by atoms with Crippen molar-refractivity contribution < 1.29 is 22.7 Å². The second-order valence-corrected chi connectivity index (χ2v) is 4.97. The van der Waals surface area contributed by atoms with Gasteiger partial charge < -0.3 is 10.5 Å². The van der Waals surface area contributed by atoms with Crippen molar-refractivity contribution in [3.05, 3.63) is 23.8 Å². The van der Waals surface area contributed by atoms with E-state index in [1.54, 1.807) is 0 Å². The molecule has 1 rings (SSSR count). The Morgan fingerprint density at radius 3 is 2.75 bits per heavy atom. The molecule has 20 heavy (non-hydrogen) atoms. The maximum absolute atomic E-state index is 12.2. The average molecular weight is 303 g/mol. The molecule has 1 aromatic rings. The Morgan fingerprint density at radius 1 is 1.45 bits per heavy atom. The first kappa shape index (κ1) is 16.2. The summed E-state index contributed by atoms with van der Waals surface area (Å²) in [7, 11) is 0. The molecule has 0 saturated heterocycles. The van der Waals surface area contributed by atoms with E-state index in [-0.39, 0.29) is 10.7 Å². The lowest BCUT2D eigenvalue weighted by molar-refractivity contribution is -0.274. The number of hydrogen-bond donors (Lipinski definition) is 1. The summed E-state index contributed by atoms with van der Waals surface area (Å²) in [6.45, 7) is 1.44. The Balaban J connectivity index is 2.79. The topological polar surface area (TPSA) is 52.3 Å². The highest BCUT2D eigenvalue weighted by Crippen LogP contribution is 2.27. The zero-order valence-corrected chi connectivity index (χ0v) is 11.4. The van der Waals surface area contributed by atoms with Gasteiger partial charge in [0.2, 0.25) is 0 Å². The summed E-state index contributed by atoms with van der Waals surface area (Å²) in [5.41, 5.74) is 5.87. The molecule has 0 radical (unpaired) electrons. The number of nitrogens with two attached hydrogens (primary N) is 1. The van der Waals surface area contributed by atoms with Crippen LogP contribution in [-0.4, -0.2) is 17.2 Å². The third kappa shape index (κ3) is 6.38. The van der Waals surface area contributed by atoms with Crippen LogP contribution >= 0.6 is 11.8 Å². The van der Waals surface area contributed by atoms with E-state index in [9.17, 15) is 18.0 Å². The fourth-order valence-corrected chi connectivity index (χ4v) is 1.75. The Kier molecular flexibility index (Phi) is 5.77. The third-order valence-corrected chi connectivity index (χ3v) is 2.80. The Bertz CT molecular complexity index is 547. The number of hydrogen-bond acceptors (Lipinski definition) is 4. The molecular weight excluding hydrogens is 291 g/mol. The first-order chi connectivity index (χ1) is 9.28. The maximum atomic E-state index is 12.2. The lowest BCUT2D eigenvalue weighted by Crippen LogP contribution is -2.17. The second kappa shape index (κ2) is 7.10. The minimum absolute atomic E-state index is 0.0307. The maximum Gasteiger partial charge on any atom is 0.573 e. The second-order valence-electron chi connectivity index (χ2n) is 3.70. The molecule has 0 aliphatic rings. The van der Waals surface area contributed by atoms with Crippen LogP contribution in [0.25, 0.3) is 0 Å². The van der Waals surface area contributed by atoms with E-state index >= 15 is 0 Å². The SMILES string of the molecule is CC(=O)SCCC#Cc1cc(N)ccc1OC(F)(F)F. The van der Waals surface area contributed by atoms with Crippen molar-refractivity contribution in [3.63, 3.8) is 0 Å². The summed E-state index contributed by atoms with van der Waals surface area (Å²) >= 11 is 1.11.